The van der Waals surface area contributed by atoms with Gasteiger partial charge in [0.15, 0.2) is 5.69 Å². The summed E-state index contributed by atoms with van der Waals surface area (Å²) in [5.41, 5.74) is 12.2. The summed E-state index contributed by atoms with van der Waals surface area (Å²) < 4.78 is 14.1. The van der Waals surface area contributed by atoms with E-state index in [-0.39, 0.29) is 17.3 Å². The first-order valence-electron chi connectivity index (χ1n) is 10.0. The molecule has 0 radical (unpaired) electrons. The molecule has 0 atom stereocenters. The summed E-state index contributed by atoms with van der Waals surface area (Å²) in [6.45, 7) is 6.06. The number of hydrogen-bond acceptors (Lipinski definition) is 10. The third-order valence-corrected chi connectivity index (χ3v) is 6.20. The predicted octanol–water partition coefficient (Wildman–Crippen LogP) is 1.94. The number of nitrogens with one attached hydrogen (secondary N) is 1. The van der Waals surface area contributed by atoms with E-state index in [0.717, 1.165) is 31.7 Å². The van der Waals surface area contributed by atoms with E-state index in [1.165, 1.54) is 6.21 Å². The lowest BCUT2D eigenvalue weighted by Gasteiger charge is -2.11. The number of anilines is 1. The summed E-state index contributed by atoms with van der Waals surface area (Å²) in [5, 5.41) is 23.5. The van der Waals surface area contributed by atoms with Crippen molar-refractivity contribution in [3.63, 3.8) is 0 Å². The minimum atomic E-state index is -0.553. The average molecular weight is 529 g/mol. The average Bonchev–Trinajstić information content (AvgIpc) is 3.48. The van der Waals surface area contributed by atoms with Gasteiger partial charge in [0.1, 0.15) is 5.75 Å². The molecule has 0 bridgehead atoms. The molecular weight excluding hydrogens is 508 g/mol. The maximum absolute atomic E-state index is 12.7. The van der Waals surface area contributed by atoms with Crippen LogP contribution in [0, 0.1) is 20.8 Å². The molecule has 0 unspecified atom stereocenters. The summed E-state index contributed by atoms with van der Waals surface area (Å²) in [7, 11) is 1.61. The Morgan fingerprint density at radius 3 is 2.74 bits per heavy atom. The maximum Gasteiger partial charge on any atom is 0.292 e. The van der Waals surface area contributed by atoms with Gasteiger partial charge in [-0.2, -0.15) is 14.9 Å². The van der Waals surface area contributed by atoms with Crippen molar-refractivity contribution in [1.82, 2.24) is 40.5 Å². The molecule has 1 amide bonds. The first kappa shape index (κ1) is 23.1. The third-order valence-electron chi connectivity index (χ3n) is 5.05. The van der Waals surface area contributed by atoms with E-state index in [0.29, 0.717) is 18.0 Å². The summed E-state index contributed by atoms with van der Waals surface area (Å²) >= 11 is 3.55. The smallest absolute Gasteiger partial charge is 0.292 e. The number of nitrogen functional groups attached to an aromatic ring is 1. The van der Waals surface area contributed by atoms with Gasteiger partial charge in [-0.3, -0.25) is 9.48 Å². The highest BCUT2D eigenvalue weighted by Gasteiger charge is 2.22. The fourth-order valence-electron chi connectivity index (χ4n) is 3.31. The lowest BCUT2D eigenvalue weighted by Crippen LogP contribution is -2.22. The minimum Gasteiger partial charge on any atom is -0.496 e. The number of hydrazone groups is 1. The van der Waals surface area contributed by atoms with Crippen molar-refractivity contribution in [2.24, 2.45) is 5.10 Å². The first-order chi connectivity index (χ1) is 16.3. The second-order valence-electron chi connectivity index (χ2n) is 7.32. The number of aryl methyl sites for hydroxylation is 2. The number of amides is 1. The van der Waals surface area contributed by atoms with Crippen molar-refractivity contribution in [3.05, 3.63) is 56.6 Å². The van der Waals surface area contributed by atoms with Crippen LogP contribution in [0.4, 0.5) is 5.82 Å². The molecule has 13 nitrogen and oxygen atoms in total. The van der Waals surface area contributed by atoms with Crippen LogP contribution in [0.5, 0.6) is 5.75 Å². The van der Waals surface area contributed by atoms with Gasteiger partial charge in [0.05, 0.1) is 41.4 Å². The van der Waals surface area contributed by atoms with Gasteiger partial charge in [0, 0.05) is 5.56 Å². The van der Waals surface area contributed by atoms with Gasteiger partial charge in [0.2, 0.25) is 11.6 Å². The Labute approximate surface area is 202 Å². The van der Waals surface area contributed by atoms with E-state index in [1.54, 1.807) is 14.0 Å². The van der Waals surface area contributed by atoms with Gasteiger partial charge in [-0.15, -0.1) is 5.10 Å². The number of nitrogens with two attached hydrogens (primary N) is 1. The SMILES string of the molecule is COc1ccc(C=NNC(=O)c2c(C)nnn2-c2nonc2N)cc1Cn1nc(C)c(Br)c1C. The molecule has 3 aromatic heterocycles. The normalized spacial score (nSPS) is 11.3. The van der Waals surface area contributed by atoms with E-state index in [1.807, 2.05) is 36.7 Å². The number of hydrogen-bond donors (Lipinski definition) is 2. The monoisotopic (exact) mass is 528 g/mol. The highest BCUT2D eigenvalue weighted by Crippen LogP contribution is 2.24. The molecule has 3 N–H and O–H groups in total. The quantitative estimate of drug-likeness (QED) is 0.269. The highest BCUT2D eigenvalue weighted by atomic mass is 79.9. The molecule has 1 aromatic carbocycles. The topological polar surface area (TPSA) is 164 Å². The Balaban J connectivity index is 1.53. The number of ether oxygens (including phenoxy) is 1. The van der Waals surface area contributed by atoms with Crippen molar-refractivity contribution in [2.45, 2.75) is 27.3 Å². The van der Waals surface area contributed by atoms with Gasteiger partial charge in [0.25, 0.3) is 5.91 Å². The Kier molecular flexibility index (Phi) is 6.40. The van der Waals surface area contributed by atoms with E-state index in [4.69, 9.17) is 10.5 Å². The van der Waals surface area contributed by atoms with E-state index in [2.05, 4.69) is 56.8 Å². The number of aromatic nitrogens is 7. The van der Waals surface area contributed by atoms with E-state index < -0.39 is 5.91 Å². The van der Waals surface area contributed by atoms with Gasteiger partial charge in [-0.25, -0.2) is 10.1 Å². The van der Waals surface area contributed by atoms with Crippen LogP contribution in [0.1, 0.15) is 38.7 Å². The number of rotatable bonds is 7. The standard InChI is InChI=1S/C20H21BrN10O3/c1-10-16(21)12(3)30(26-10)9-14-7-13(5-6-15(14)33-4)8-23-25-20(32)17-11(2)24-29-31(17)19-18(22)27-34-28-19/h5-8H,9H2,1-4H3,(H2,22,27)(H,25,32). The molecule has 176 valence electrons. The molecule has 0 saturated carbocycles. The van der Waals surface area contributed by atoms with Crippen LogP contribution >= 0.6 is 15.9 Å². The molecule has 14 heteroatoms. The zero-order chi connectivity index (χ0) is 24.4. The molecule has 0 spiro atoms. The van der Waals surface area contributed by atoms with Crippen molar-refractivity contribution in [3.8, 4) is 11.6 Å². The number of nitrogens with zero attached hydrogens (tertiary/aromatic N) is 8. The first-order valence-corrected chi connectivity index (χ1v) is 10.8. The van der Waals surface area contributed by atoms with Crippen molar-refractivity contribution in [1.29, 1.82) is 0 Å². The van der Waals surface area contributed by atoms with E-state index >= 15 is 0 Å². The summed E-state index contributed by atoms with van der Waals surface area (Å²) in [6.07, 6.45) is 1.52. The largest absolute Gasteiger partial charge is 0.496 e. The van der Waals surface area contributed by atoms with Crippen LogP contribution in [-0.2, 0) is 6.54 Å². The molecular formula is C20H21BrN10O3. The van der Waals surface area contributed by atoms with Crippen LogP contribution in [0.3, 0.4) is 0 Å². The molecule has 0 saturated heterocycles. The predicted molar refractivity (Wildman–Crippen MR) is 125 cm³/mol. The van der Waals surface area contributed by atoms with Crippen LogP contribution < -0.4 is 15.9 Å². The van der Waals surface area contributed by atoms with Crippen molar-refractivity contribution < 1.29 is 14.2 Å². The van der Waals surface area contributed by atoms with Gasteiger partial charge >= 0.3 is 0 Å². The molecule has 4 aromatic rings. The fourth-order valence-corrected chi connectivity index (χ4v) is 3.60. The zero-order valence-electron chi connectivity index (χ0n) is 18.8. The Hall–Kier alpha value is -4.07. The molecule has 0 aliphatic rings. The molecule has 0 aliphatic carbocycles. The molecule has 3 heterocycles. The molecule has 0 fully saturated rings. The second-order valence-corrected chi connectivity index (χ2v) is 8.11. The highest BCUT2D eigenvalue weighted by molar-refractivity contribution is 9.10. The van der Waals surface area contributed by atoms with Crippen LogP contribution in [0.15, 0.2) is 32.4 Å². The summed E-state index contributed by atoms with van der Waals surface area (Å²) in [6, 6.07) is 5.58. The van der Waals surface area contributed by atoms with E-state index in [9.17, 15) is 4.79 Å². The number of carbonyl (C=O) groups excluding carboxylic acids is 1. The molecule has 34 heavy (non-hydrogen) atoms. The number of methoxy groups -OCH3 is 1. The van der Waals surface area contributed by atoms with Crippen molar-refractivity contribution in [2.75, 3.05) is 12.8 Å². The Morgan fingerprint density at radius 2 is 2.09 bits per heavy atom. The van der Waals surface area contributed by atoms with Crippen LogP contribution in [0.2, 0.25) is 0 Å². The third kappa shape index (κ3) is 4.39. The second kappa shape index (κ2) is 9.43. The number of halogens is 1. The summed E-state index contributed by atoms with van der Waals surface area (Å²) in [5.74, 6) is 0.199. The number of carbonyl (C=O) groups is 1. The van der Waals surface area contributed by atoms with Gasteiger partial charge < -0.3 is 10.5 Å². The molecule has 0 aliphatic heterocycles. The Bertz CT molecular complexity index is 1390. The lowest BCUT2D eigenvalue weighted by molar-refractivity contribution is 0.0946. The number of benzene rings is 1. The minimum absolute atomic E-state index is 0.0251. The lowest BCUT2D eigenvalue weighted by atomic mass is 10.1. The van der Waals surface area contributed by atoms with Gasteiger partial charge in [-0.05, 0) is 70.8 Å². The fraction of sp³-hybridized carbons (Fsp3) is 0.250. The van der Waals surface area contributed by atoms with Crippen LogP contribution in [0.25, 0.3) is 5.82 Å². The molecule has 4 rings (SSSR count). The maximum atomic E-state index is 12.7. The van der Waals surface area contributed by atoms with Crippen molar-refractivity contribution >= 4 is 33.9 Å². The zero-order valence-corrected chi connectivity index (χ0v) is 20.4. The van der Waals surface area contributed by atoms with Gasteiger partial charge in [-0.1, -0.05) is 5.21 Å². The van der Waals surface area contributed by atoms with Crippen LogP contribution in [-0.4, -0.2) is 54.3 Å². The summed E-state index contributed by atoms with van der Waals surface area (Å²) in [4.78, 5) is 12.7. The Morgan fingerprint density at radius 1 is 1.29 bits per heavy atom.